The summed E-state index contributed by atoms with van der Waals surface area (Å²) in [5.41, 5.74) is 5.95. The highest BCUT2D eigenvalue weighted by Crippen LogP contribution is 2.07. The zero-order valence-electron chi connectivity index (χ0n) is 10.7. The molecule has 0 aliphatic carbocycles. The number of benzene rings is 1. The number of aliphatic carboxylic acids is 1. The first-order chi connectivity index (χ1) is 9.50. The lowest BCUT2D eigenvalue weighted by Crippen LogP contribution is -2.31. The van der Waals surface area contributed by atoms with Crippen LogP contribution >= 0.6 is 12.2 Å². The van der Waals surface area contributed by atoms with Crippen LogP contribution < -0.4 is 11.3 Å². The number of carbonyl (C=O) groups is 1. The second-order valence-electron chi connectivity index (χ2n) is 4.52. The van der Waals surface area contributed by atoms with Crippen molar-refractivity contribution in [3.8, 4) is 0 Å². The van der Waals surface area contributed by atoms with Gasteiger partial charge in [0.1, 0.15) is 6.04 Å². The van der Waals surface area contributed by atoms with Crippen LogP contribution in [0.3, 0.4) is 0 Å². The van der Waals surface area contributed by atoms with Crippen LogP contribution in [0.2, 0.25) is 0 Å². The Labute approximate surface area is 119 Å². The van der Waals surface area contributed by atoms with Crippen LogP contribution in [0.1, 0.15) is 12.8 Å². The van der Waals surface area contributed by atoms with E-state index >= 15 is 0 Å². The third-order valence-electron chi connectivity index (χ3n) is 3.10. The number of rotatable bonds is 5. The van der Waals surface area contributed by atoms with Gasteiger partial charge in [0.25, 0.3) is 5.56 Å². The minimum Gasteiger partial charge on any atom is -0.480 e. The van der Waals surface area contributed by atoms with Gasteiger partial charge in [-0.1, -0.05) is 12.1 Å². The molecule has 0 saturated carbocycles. The van der Waals surface area contributed by atoms with Crippen LogP contribution in [0.5, 0.6) is 0 Å². The number of para-hydroxylation sites is 1. The standard InChI is InChI=1S/C13H15N3O3S/c14-9(12(18)19)5-3-7-16-11(17)8-4-1-2-6-10(8)15-13(16)20/h1-2,4,6,9H,3,5,7,14H2,(H,15,20)(H,18,19). The van der Waals surface area contributed by atoms with Gasteiger partial charge >= 0.3 is 5.97 Å². The molecule has 0 amide bonds. The van der Waals surface area contributed by atoms with Gasteiger partial charge < -0.3 is 15.8 Å². The first-order valence-electron chi connectivity index (χ1n) is 6.21. The maximum atomic E-state index is 12.3. The van der Waals surface area contributed by atoms with Crippen molar-refractivity contribution < 1.29 is 9.90 Å². The zero-order chi connectivity index (χ0) is 14.7. The lowest BCUT2D eigenvalue weighted by molar-refractivity contribution is -0.138. The number of nitrogens with two attached hydrogens (primary N) is 1. The second kappa shape index (κ2) is 5.98. The Balaban J connectivity index is 2.25. The van der Waals surface area contributed by atoms with E-state index < -0.39 is 12.0 Å². The third kappa shape index (κ3) is 2.94. The number of aromatic amines is 1. The van der Waals surface area contributed by atoms with E-state index in [4.69, 9.17) is 23.1 Å². The number of H-pyrrole nitrogens is 1. The van der Waals surface area contributed by atoms with Crippen molar-refractivity contribution in [1.82, 2.24) is 9.55 Å². The van der Waals surface area contributed by atoms with E-state index in [0.717, 1.165) is 0 Å². The molecule has 0 radical (unpaired) electrons. The van der Waals surface area contributed by atoms with Gasteiger partial charge in [0.05, 0.1) is 10.9 Å². The van der Waals surface area contributed by atoms with Crippen molar-refractivity contribution in [2.75, 3.05) is 0 Å². The Hall–Kier alpha value is -1.99. The van der Waals surface area contributed by atoms with Gasteiger partial charge in [0, 0.05) is 6.54 Å². The van der Waals surface area contributed by atoms with Crippen molar-refractivity contribution in [1.29, 1.82) is 0 Å². The average Bonchev–Trinajstić information content (AvgIpc) is 2.42. The predicted molar refractivity (Wildman–Crippen MR) is 78.2 cm³/mol. The SMILES string of the molecule is NC(CCCn1c(=S)[nH]c2ccccc2c1=O)C(=O)O. The van der Waals surface area contributed by atoms with Gasteiger partial charge in [0.15, 0.2) is 4.77 Å². The quantitative estimate of drug-likeness (QED) is 0.720. The Morgan fingerprint density at radius 2 is 2.15 bits per heavy atom. The lowest BCUT2D eigenvalue weighted by atomic mass is 10.1. The molecule has 1 heterocycles. The summed E-state index contributed by atoms with van der Waals surface area (Å²) in [6.45, 7) is 0.347. The molecule has 7 heteroatoms. The van der Waals surface area contributed by atoms with Crippen molar-refractivity contribution >= 4 is 29.1 Å². The first-order valence-corrected chi connectivity index (χ1v) is 6.62. The maximum Gasteiger partial charge on any atom is 0.320 e. The summed E-state index contributed by atoms with van der Waals surface area (Å²) in [6, 6.07) is 6.21. The minimum absolute atomic E-state index is 0.173. The molecule has 0 fully saturated rings. The van der Waals surface area contributed by atoms with Gasteiger partial charge in [-0.3, -0.25) is 14.2 Å². The number of hydrogen-bond donors (Lipinski definition) is 3. The molecule has 2 rings (SSSR count). The highest BCUT2D eigenvalue weighted by Gasteiger charge is 2.11. The number of carboxylic acids is 1. The summed E-state index contributed by atoms with van der Waals surface area (Å²) >= 11 is 5.16. The largest absolute Gasteiger partial charge is 0.480 e. The highest BCUT2D eigenvalue weighted by molar-refractivity contribution is 7.71. The fraction of sp³-hybridized carbons (Fsp3) is 0.308. The Morgan fingerprint density at radius 3 is 2.85 bits per heavy atom. The summed E-state index contributed by atoms with van der Waals surface area (Å²) in [7, 11) is 0. The molecule has 20 heavy (non-hydrogen) atoms. The average molecular weight is 293 g/mol. The van der Waals surface area contributed by atoms with Crippen LogP contribution in [0.25, 0.3) is 10.9 Å². The van der Waals surface area contributed by atoms with Crippen LogP contribution in [-0.2, 0) is 11.3 Å². The van der Waals surface area contributed by atoms with E-state index in [1.165, 1.54) is 4.57 Å². The molecule has 0 aliphatic rings. The Morgan fingerprint density at radius 1 is 1.45 bits per heavy atom. The van der Waals surface area contributed by atoms with Crippen LogP contribution in [0.4, 0.5) is 0 Å². The summed E-state index contributed by atoms with van der Waals surface area (Å²) in [4.78, 5) is 25.9. The van der Waals surface area contributed by atoms with E-state index in [-0.39, 0.29) is 5.56 Å². The van der Waals surface area contributed by atoms with Crippen molar-refractivity contribution in [2.24, 2.45) is 5.73 Å². The van der Waals surface area contributed by atoms with Gasteiger partial charge in [0.2, 0.25) is 0 Å². The molecular weight excluding hydrogens is 278 g/mol. The van der Waals surface area contributed by atoms with Gasteiger partial charge in [-0.25, -0.2) is 0 Å². The van der Waals surface area contributed by atoms with Crippen molar-refractivity contribution in [3.63, 3.8) is 0 Å². The monoisotopic (exact) mass is 293 g/mol. The number of nitrogens with one attached hydrogen (secondary N) is 1. The fourth-order valence-electron chi connectivity index (χ4n) is 1.99. The fourth-order valence-corrected chi connectivity index (χ4v) is 2.28. The first kappa shape index (κ1) is 14.4. The van der Waals surface area contributed by atoms with Crippen LogP contribution in [0, 0.1) is 4.77 Å². The van der Waals surface area contributed by atoms with E-state index in [2.05, 4.69) is 4.98 Å². The number of hydrogen-bond acceptors (Lipinski definition) is 4. The van der Waals surface area contributed by atoms with E-state index in [9.17, 15) is 9.59 Å². The van der Waals surface area contributed by atoms with Gasteiger partial charge in [-0.05, 0) is 37.2 Å². The number of carboxylic acid groups (broad SMARTS) is 1. The molecule has 1 atom stereocenters. The lowest BCUT2D eigenvalue weighted by Gasteiger charge is -2.09. The topological polar surface area (TPSA) is 101 Å². The van der Waals surface area contributed by atoms with Gasteiger partial charge in [-0.15, -0.1) is 0 Å². The Bertz CT molecular complexity index is 750. The Kier molecular flexibility index (Phi) is 4.31. The molecule has 1 aromatic heterocycles. The summed E-state index contributed by atoms with van der Waals surface area (Å²) in [5.74, 6) is -1.04. The van der Waals surface area contributed by atoms with Crippen LogP contribution in [-0.4, -0.2) is 26.7 Å². The molecule has 0 spiro atoms. The molecule has 1 unspecified atom stereocenters. The summed E-state index contributed by atoms with van der Waals surface area (Å²) < 4.78 is 1.77. The van der Waals surface area contributed by atoms with E-state index in [0.29, 0.717) is 35.1 Å². The number of fused-ring (bicyclic) bond motifs is 1. The number of nitrogens with zero attached hydrogens (tertiary/aromatic N) is 1. The minimum atomic E-state index is -1.04. The zero-order valence-corrected chi connectivity index (χ0v) is 11.5. The van der Waals surface area contributed by atoms with Crippen molar-refractivity contribution in [3.05, 3.63) is 39.4 Å². The van der Waals surface area contributed by atoms with E-state index in [1.807, 2.05) is 6.07 Å². The molecule has 0 aliphatic heterocycles. The molecule has 2 aromatic rings. The molecule has 0 bridgehead atoms. The second-order valence-corrected chi connectivity index (χ2v) is 4.91. The molecule has 0 saturated heterocycles. The van der Waals surface area contributed by atoms with E-state index in [1.54, 1.807) is 18.2 Å². The summed E-state index contributed by atoms with van der Waals surface area (Å²) in [6.07, 6.45) is 0.770. The molecule has 1 aromatic carbocycles. The third-order valence-corrected chi connectivity index (χ3v) is 3.43. The smallest absolute Gasteiger partial charge is 0.320 e. The predicted octanol–water partition coefficient (Wildman–Crippen LogP) is 1.25. The highest BCUT2D eigenvalue weighted by atomic mass is 32.1. The molecular formula is C13H15N3O3S. The van der Waals surface area contributed by atoms with Crippen LogP contribution in [0.15, 0.2) is 29.1 Å². The maximum absolute atomic E-state index is 12.3. The number of aromatic nitrogens is 2. The van der Waals surface area contributed by atoms with Crippen molar-refractivity contribution in [2.45, 2.75) is 25.4 Å². The molecule has 4 N–H and O–H groups in total. The molecule has 6 nitrogen and oxygen atoms in total. The normalized spacial score (nSPS) is 12.4. The summed E-state index contributed by atoms with van der Waals surface area (Å²) in [5, 5.41) is 9.27. The molecule has 106 valence electrons. The van der Waals surface area contributed by atoms with Gasteiger partial charge in [-0.2, -0.15) is 0 Å².